The molecule has 2 aromatic rings. The summed E-state index contributed by atoms with van der Waals surface area (Å²) in [5.74, 6) is 0. The molecule has 7 heteroatoms. The van der Waals surface area contributed by atoms with Crippen molar-refractivity contribution in [3.8, 4) is 0 Å². The second-order valence-corrected chi connectivity index (χ2v) is 6.15. The van der Waals surface area contributed by atoms with Crippen LogP contribution in [0, 0.1) is 20.2 Å². The first kappa shape index (κ1) is 18.3. The Labute approximate surface area is 156 Å². The smallest absolute Gasteiger partial charge is 0.283 e. The van der Waals surface area contributed by atoms with E-state index in [2.05, 4.69) is 24.0 Å². The normalized spacial score (nSPS) is 15.1. The van der Waals surface area contributed by atoms with E-state index in [1.165, 1.54) is 23.4 Å². The summed E-state index contributed by atoms with van der Waals surface area (Å²) in [7, 11) is 0. The Morgan fingerprint density at radius 3 is 2.56 bits per heavy atom. The summed E-state index contributed by atoms with van der Waals surface area (Å²) in [6, 6.07) is 11.9. The first-order valence-electron chi connectivity index (χ1n) is 8.66. The second-order valence-electron chi connectivity index (χ2n) is 6.15. The molecule has 0 saturated carbocycles. The molecule has 0 amide bonds. The zero-order chi connectivity index (χ0) is 19.4. The number of non-ortho nitro benzene ring substituents is 1. The minimum Gasteiger partial charge on any atom is -0.345 e. The van der Waals surface area contributed by atoms with E-state index in [0.29, 0.717) is 5.56 Å². The first-order valence-corrected chi connectivity index (χ1v) is 8.66. The zero-order valence-corrected chi connectivity index (χ0v) is 14.9. The molecule has 0 aliphatic carbocycles. The highest BCUT2D eigenvalue weighted by molar-refractivity contribution is 5.66. The quantitative estimate of drug-likeness (QED) is 0.557. The lowest BCUT2D eigenvalue weighted by molar-refractivity contribution is -0.394. The van der Waals surface area contributed by atoms with Crippen LogP contribution in [0.3, 0.4) is 0 Å². The van der Waals surface area contributed by atoms with Gasteiger partial charge in [-0.2, -0.15) is 0 Å². The van der Waals surface area contributed by atoms with Gasteiger partial charge in [0.15, 0.2) is 0 Å². The van der Waals surface area contributed by atoms with Gasteiger partial charge in [-0.1, -0.05) is 24.3 Å². The SMILES string of the molecule is CCN1C(=CC=Cc2ccc([N+](=O)[O-])cc2[N+](=O)[O-])CCc2ccccc21. The topological polar surface area (TPSA) is 89.5 Å². The molecular weight excluding hydrogens is 346 g/mol. The van der Waals surface area contributed by atoms with Crippen molar-refractivity contribution in [3.63, 3.8) is 0 Å². The average molecular weight is 365 g/mol. The molecule has 27 heavy (non-hydrogen) atoms. The van der Waals surface area contributed by atoms with Crippen LogP contribution in [-0.4, -0.2) is 16.4 Å². The molecule has 1 heterocycles. The molecule has 0 saturated heterocycles. The number of allylic oxidation sites excluding steroid dienone is 3. The third kappa shape index (κ3) is 3.87. The maximum atomic E-state index is 11.2. The van der Waals surface area contributed by atoms with E-state index in [0.717, 1.165) is 31.1 Å². The Bertz CT molecular complexity index is 950. The molecule has 0 radical (unpaired) electrons. The van der Waals surface area contributed by atoms with Gasteiger partial charge in [-0.15, -0.1) is 0 Å². The molecule has 0 atom stereocenters. The summed E-state index contributed by atoms with van der Waals surface area (Å²) >= 11 is 0. The van der Waals surface area contributed by atoms with Gasteiger partial charge < -0.3 is 4.90 Å². The van der Waals surface area contributed by atoms with Crippen LogP contribution < -0.4 is 4.90 Å². The molecule has 0 bridgehead atoms. The Kier molecular flexibility index (Phi) is 5.30. The number of hydrogen-bond acceptors (Lipinski definition) is 5. The summed E-state index contributed by atoms with van der Waals surface area (Å²) in [6.07, 6.45) is 7.16. The van der Waals surface area contributed by atoms with Gasteiger partial charge in [-0.25, -0.2) is 0 Å². The number of para-hydroxylation sites is 1. The van der Waals surface area contributed by atoms with Crippen molar-refractivity contribution in [1.29, 1.82) is 0 Å². The number of benzene rings is 2. The van der Waals surface area contributed by atoms with Crippen LogP contribution in [0.15, 0.2) is 60.3 Å². The van der Waals surface area contributed by atoms with Crippen LogP contribution >= 0.6 is 0 Å². The highest BCUT2D eigenvalue weighted by atomic mass is 16.6. The predicted octanol–water partition coefficient (Wildman–Crippen LogP) is 4.87. The summed E-state index contributed by atoms with van der Waals surface area (Å²) < 4.78 is 0. The number of nitro groups is 2. The molecule has 138 valence electrons. The van der Waals surface area contributed by atoms with Crippen molar-refractivity contribution >= 4 is 23.1 Å². The molecular formula is C20H19N3O4. The Morgan fingerprint density at radius 1 is 1.07 bits per heavy atom. The molecule has 3 rings (SSSR count). The van der Waals surface area contributed by atoms with Gasteiger partial charge in [0.1, 0.15) is 0 Å². The van der Waals surface area contributed by atoms with Gasteiger partial charge in [0.25, 0.3) is 11.4 Å². The van der Waals surface area contributed by atoms with E-state index in [4.69, 9.17) is 0 Å². The molecule has 1 aliphatic heterocycles. The first-order chi connectivity index (χ1) is 13.0. The fraction of sp³-hybridized carbons (Fsp3) is 0.200. The minimum atomic E-state index is -0.638. The summed E-state index contributed by atoms with van der Waals surface area (Å²) in [6.45, 7) is 2.91. The van der Waals surface area contributed by atoms with Crippen LogP contribution in [-0.2, 0) is 6.42 Å². The van der Waals surface area contributed by atoms with E-state index in [1.54, 1.807) is 12.2 Å². The highest BCUT2D eigenvalue weighted by Gasteiger charge is 2.19. The van der Waals surface area contributed by atoms with Crippen LogP contribution in [0.25, 0.3) is 6.08 Å². The number of fused-ring (bicyclic) bond motifs is 1. The molecule has 7 nitrogen and oxygen atoms in total. The lowest BCUT2D eigenvalue weighted by Gasteiger charge is -2.32. The largest absolute Gasteiger partial charge is 0.345 e. The third-order valence-corrected chi connectivity index (χ3v) is 4.58. The zero-order valence-electron chi connectivity index (χ0n) is 14.9. The monoisotopic (exact) mass is 365 g/mol. The van der Waals surface area contributed by atoms with Crippen LogP contribution in [0.2, 0.25) is 0 Å². The van der Waals surface area contributed by atoms with Crippen molar-refractivity contribution in [2.75, 3.05) is 11.4 Å². The summed E-state index contributed by atoms with van der Waals surface area (Å²) in [5, 5.41) is 22.0. The van der Waals surface area contributed by atoms with Gasteiger partial charge in [-0.3, -0.25) is 20.2 Å². The van der Waals surface area contributed by atoms with Gasteiger partial charge in [-0.05, 0) is 49.6 Å². The maximum Gasteiger partial charge on any atom is 0.283 e. The fourth-order valence-electron chi connectivity index (χ4n) is 3.29. The number of anilines is 1. The minimum absolute atomic E-state index is 0.278. The van der Waals surface area contributed by atoms with Gasteiger partial charge in [0.2, 0.25) is 0 Å². The Morgan fingerprint density at radius 2 is 1.85 bits per heavy atom. The summed E-state index contributed by atoms with van der Waals surface area (Å²) in [5.41, 5.74) is 3.40. The molecule has 1 aliphatic rings. The van der Waals surface area contributed by atoms with E-state index in [-0.39, 0.29) is 11.4 Å². The van der Waals surface area contributed by atoms with Crippen molar-refractivity contribution in [1.82, 2.24) is 0 Å². The number of rotatable bonds is 5. The van der Waals surface area contributed by atoms with Gasteiger partial charge in [0, 0.05) is 24.0 Å². The molecule has 0 aromatic heterocycles. The Balaban J connectivity index is 1.89. The van der Waals surface area contributed by atoms with Crippen molar-refractivity contribution < 1.29 is 9.85 Å². The number of aryl methyl sites for hydroxylation is 1. The highest BCUT2D eigenvalue weighted by Crippen LogP contribution is 2.32. The van der Waals surface area contributed by atoms with Crippen molar-refractivity contribution in [2.24, 2.45) is 0 Å². The van der Waals surface area contributed by atoms with E-state index >= 15 is 0 Å². The average Bonchev–Trinajstić information content (AvgIpc) is 2.67. The van der Waals surface area contributed by atoms with E-state index in [9.17, 15) is 20.2 Å². The van der Waals surface area contributed by atoms with Crippen molar-refractivity contribution in [2.45, 2.75) is 19.8 Å². The lowest BCUT2D eigenvalue weighted by Crippen LogP contribution is -2.26. The fourth-order valence-corrected chi connectivity index (χ4v) is 3.29. The molecule has 0 unspecified atom stereocenters. The van der Waals surface area contributed by atoms with Gasteiger partial charge in [0.05, 0.1) is 21.5 Å². The van der Waals surface area contributed by atoms with Crippen LogP contribution in [0.4, 0.5) is 17.1 Å². The maximum absolute atomic E-state index is 11.2. The van der Waals surface area contributed by atoms with Crippen LogP contribution in [0.5, 0.6) is 0 Å². The van der Waals surface area contributed by atoms with Crippen molar-refractivity contribution in [3.05, 3.63) is 91.7 Å². The Hall–Kier alpha value is -3.48. The summed E-state index contributed by atoms with van der Waals surface area (Å²) in [4.78, 5) is 23.0. The third-order valence-electron chi connectivity index (χ3n) is 4.58. The predicted molar refractivity (Wildman–Crippen MR) is 105 cm³/mol. The molecule has 2 aromatic carbocycles. The number of nitro benzene ring substituents is 2. The standard InChI is InChI=1S/C20H19N3O4/c1-2-21-17(12-10-15-6-3-4-9-19(15)21)8-5-7-16-11-13-18(22(24)25)14-20(16)23(26)27/h3-9,11,13-14H,2,10,12H2,1H3. The van der Waals surface area contributed by atoms with Gasteiger partial charge >= 0.3 is 0 Å². The van der Waals surface area contributed by atoms with E-state index in [1.807, 2.05) is 18.2 Å². The molecule has 0 N–H and O–H groups in total. The number of nitrogens with zero attached hydrogens (tertiary/aromatic N) is 3. The molecule has 0 spiro atoms. The second kappa shape index (κ2) is 7.82. The lowest BCUT2D eigenvalue weighted by atomic mass is 9.99. The van der Waals surface area contributed by atoms with Crippen LogP contribution in [0.1, 0.15) is 24.5 Å². The number of hydrogen-bond donors (Lipinski definition) is 0. The molecule has 0 fully saturated rings. The van der Waals surface area contributed by atoms with E-state index < -0.39 is 9.85 Å².